The molecule has 0 spiro atoms. The number of nitrogens with one attached hydrogen (secondary N) is 2. The first-order valence-electron chi connectivity index (χ1n) is 5.04. The van der Waals surface area contributed by atoms with E-state index < -0.39 is 0 Å². The van der Waals surface area contributed by atoms with Crippen molar-refractivity contribution in [3.63, 3.8) is 0 Å². The third kappa shape index (κ3) is 2.10. The summed E-state index contributed by atoms with van der Waals surface area (Å²) in [5, 5.41) is 6.47. The van der Waals surface area contributed by atoms with Crippen LogP contribution in [0.1, 0.15) is 15.9 Å². The van der Waals surface area contributed by atoms with Crippen LogP contribution in [0, 0.1) is 6.92 Å². The zero-order chi connectivity index (χ0) is 10.8. The van der Waals surface area contributed by atoms with Crippen molar-refractivity contribution >= 4 is 11.6 Å². The first-order valence-corrected chi connectivity index (χ1v) is 5.04. The van der Waals surface area contributed by atoms with Gasteiger partial charge in [-0.3, -0.25) is 4.79 Å². The van der Waals surface area contributed by atoms with Crippen LogP contribution in [0.15, 0.2) is 18.2 Å². The van der Waals surface area contributed by atoms with Gasteiger partial charge in [-0.25, -0.2) is 0 Å². The molecule has 0 bridgehead atoms. The molecule has 1 amide bonds. The minimum Gasteiger partial charge on any atom is -0.379 e. The molecule has 1 aliphatic rings. The Bertz CT molecular complexity index is 385. The monoisotopic (exact) mass is 205 g/mol. The van der Waals surface area contributed by atoms with Crippen LogP contribution in [0.25, 0.3) is 0 Å². The molecule has 1 aromatic carbocycles. The van der Waals surface area contributed by atoms with Crippen LogP contribution in [-0.2, 0) is 0 Å². The van der Waals surface area contributed by atoms with Crippen LogP contribution in [-0.4, -0.2) is 25.0 Å². The lowest BCUT2D eigenvalue weighted by atomic mass is 10.1. The molecule has 1 aliphatic heterocycles. The minimum absolute atomic E-state index is 0.384. The van der Waals surface area contributed by atoms with E-state index in [1.54, 1.807) is 6.07 Å². The molecule has 4 nitrogen and oxygen atoms in total. The number of nitrogens with two attached hydrogens (primary N) is 1. The molecule has 0 aromatic heterocycles. The number of carbonyl (C=O) groups is 1. The van der Waals surface area contributed by atoms with Crippen LogP contribution >= 0.6 is 0 Å². The highest BCUT2D eigenvalue weighted by atomic mass is 16.1. The van der Waals surface area contributed by atoms with E-state index in [2.05, 4.69) is 10.6 Å². The van der Waals surface area contributed by atoms with Crippen LogP contribution in [0.3, 0.4) is 0 Å². The van der Waals surface area contributed by atoms with Gasteiger partial charge in [-0.1, -0.05) is 6.07 Å². The molecule has 15 heavy (non-hydrogen) atoms. The van der Waals surface area contributed by atoms with E-state index in [-0.39, 0.29) is 5.91 Å². The number of hydrogen-bond donors (Lipinski definition) is 3. The predicted octanol–water partition coefficient (Wildman–Crippen LogP) is 0.478. The maximum absolute atomic E-state index is 11.2. The van der Waals surface area contributed by atoms with E-state index >= 15 is 0 Å². The van der Waals surface area contributed by atoms with Gasteiger partial charge in [0.05, 0.1) is 11.6 Å². The molecule has 4 N–H and O–H groups in total. The van der Waals surface area contributed by atoms with Crippen molar-refractivity contribution in [3.05, 3.63) is 29.3 Å². The van der Waals surface area contributed by atoms with E-state index in [1.807, 2.05) is 19.1 Å². The predicted molar refractivity (Wildman–Crippen MR) is 60.0 cm³/mol. The number of hydrogen-bond acceptors (Lipinski definition) is 3. The van der Waals surface area contributed by atoms with E-state index in [0.717, 1.165) is 24.3 Å². The fourth-order valence-electron chi connectivity index (χ4n) is 1.60. The molecule has 4 heteroatoms. The number of anilines is 1. The van der Waals surface area contributed by atoms with E-state index in [1.165, 1.54) is 0 Å². The Morgan fingerprint density at radius 1 is 1.53 bits per heavy atom. The second-order valence-corrected chi connectivity index (χ2v) is 3.91. The molecular weight excluding hydrogens is 190 g/mol. The molecular formula is C11H15N3O. The number of carbonyl (C=O) groups excluding carboxylic acids is 1. The fourth-order valence-corrected chi connectivity index (χ4v) is 1.60. The summed E-state index contributed by atoms with van der Waals surface area (Å²) in [6, 6.07) is 6.03. The maximum Gasteiger partial charge on any atom is 0.250 e. The molecule has 0 unspecified atom stereocenters. The molecule has 0 radical (unpaired) electrons. The third-order valence-corrected chi connectivity index (χ3v) is 2.58. The van der Waals surface area contributed by atoms with Crippen LogP contribution in [0.4, 0.5) is 5.69 Å². The van der Waals surface area contributed by atoms with Gasteiger partial charge in [0.2, 0.25) is 0 Å². The number of aryl methyl sites for hydroxylation is 1. The maximum atomic E-state index is 11.2. The van der Waals surface area contributed by atoms with Crippen LogP contribution in [0.2, 0.25) is 0 Å². The van der Waals surface area contributed by atoms with Crippen molar-refractivity contribution in [3.8, 4) is 0 Å². The van der Waals surface area contributed by atoms with Gasteiger partial charge in [-0.15, -0.1) is 0 Å². The van der Waals surface area contributed by atoms with E-state index in [9.17, 15) is 4.79 Å². The summed E-state index contributed by atoms with van der Waals surface area (Å²) in [7, 11) is 0. The lowest BCUT2D eigenvalue weighted by Gasteiger charge is -2.29. The lowest BCUT2D eigenvalue weighted by Crippen LogP contribution is -2.51. The highest BCUT2D eigenvalue weighted by Gasteiger charge is 2.18. The summed E-state index contributed by atoms with van der Waals surface area (Å²) in [6.45, 7) is 3.87. The molecule has 1 heterocycles. The largest absolute Gasteiger partial charge is 0.379 e. The number of benzene rings is 1. The van der Waals surface area contributed by atoms with Gasteiger partial charge < -0.3 is 16.4 Å². The highest BCUT2D eigenvalue weighted by molar-refractivity contribution is 5.98. The lowest BCUT2D eigenvalue weighted by molar-refractivity contribution is 0.100. The van der Waals surface area contributed by atoms with Crippen molar-refractivity contribution in [2.75, 3.05) is 18.4 Å². The molecule has 0 aliphatic carbocycles. The first kappa shape index (κ1) is 9.98. The van der Waals surface area contributed by atoms with Gasteiger partial charge in [-0.2, -0.15) is 0 Å². The van der Waals surface area contributed by atoms with E-state index in [4.69, 9.17) is 5.73 Å². The molecule has 2 rings (SSSR count). The standard InChI is InChI=1S/C11H15N3O/c1-7-2-3-9(11(12)15)10(4-7)14-8-5-13-6-8/h2-4,8,13-14H,5-6H2,1H3,(H2,12,15). The Kier molecular flexibility index (Phi) is 2.60. The Morgan fingerprint density at radius 3 is 2.80 bits per heavy atom. The Morgan fingerprint density at radius 2 is 2.27 bits per heavy atom. The number of amides is 1. The second-order valence-electron chi connectivity index (χ2n) is 3.91. The highest BCUT2D eigenvalue weighted by Crippen LogP contribution is 2.18. The topological polar surface area (TPSA) is 67.2 Å². The zero-order valence-corrected chi connectivity index (χ0v) is 8.71. The average Bonchev–Trinajstić information content (AvgIpc) is 2.11. The van der Waals surface area contributed by atoms with Gasteiger partial charge in [0, 0.05) is 18.8 Å². The summed E-state index contributed by atoms with van der Waals surface area (Å²) in [5.74, 6) is -0.384. The van der Waals surface area contributed by atoms with Gasteiger partial charge in [0.15, 0.2) is 0 Å². The summed E-state index contributed by atoms with van der Waals surface area (Å²) >= 11 is 0. The molecule has 80 valence electrons. The Hall–Kier alpha value is -1.55. The summed E-state index contributed by atoms with van der Waals surface area (Å²) < 4.78 is 0. The SMILES string of the molecule is Cc1ccc(C(N)=O)c(NC2CNC2)c1. The average molecular weight is 205 g/mol. The smallest absolute Gasteiger partial charge is 0.250 e. The molecule has 1 fully saturated rings. The third-order valence-electron chi connectivity index (χ3n) is 2.58. The Balaban J connectivity index is 2.24. The molecule has 0 saturated carbocycles. The van der Waals surface area contributed by atoms with Gasteiger partial charge >= 0.3 is 0 Å². The number of rotatable bonds is 3. The van der Waals surface area contributed by atoms with Crippen molar-refractivity contribution in [1.82, 2.24) is 5.32 Å². The van der Waals surface area contributed by atoms with Crippen LogP contribution in [0.5, 0.6) is 0 Å². The van der Waals surface area contributed by atoms with E-state index in [0.29, 0.717) is 11.6 Å². The van der Waals surface area contributed by atoms with Crippen molar-refractivity contribution < 1.29 is 4.79 Å². The zero-order valence-electron chi connectivity index (χ0n) is 8.71. The van der Waals surface area contributed by atoms with Gasteiger partial charge in [0.1, 0.15) is 0 Å². The normalized spacial score (nSPS) is 15.8. The number of primary amides is 1. The molecule has 1 saturated heterocycles. The molecule has 1 aromatic rings. The van der Waals surface area contributed by atoms with Crippen LogP contribution < -0.4 is 16.4 Å². The minimum atomic E-state index is -0.384. The summed E-state index contributed by atoms with van der Waals surface area (Å²) in [6.07, 6.45) is 0. The van der Waals surface area contributed by atoms with Gasteiger partial charge in [-0.05, 0) is 24.6 Å². The summed E-state index contributed by atoms with van der Waals surface area (Å²) in [5.41, 5.74) is 7.83. The first-order chi connectivity index (χ1) is 7.16. The molecule has 0 atom stereocenters. The fraction of sp³-hybridized carbons (Fsp3) is 0.364. The quantitative estimate of drug-likeness (QED) is 0.672. The summed E-state index contributed by atoms with van der Waals surface area (Å²) in [4.78, 5) is 11.2. The van der Waals surface area contributed by atoms with Crippen molar-refractivity contribution in [2.24, 2.45) is 5.73 Å². The van der Waals surface area contributed by atoms with Gasteiger partial charge in [0.25, 0.3) is 5.91 Å². The van der Waals surface area contributed by atoms with Crippen molar-refractivity contribution in [1.29, 1.82) is 0 Å². The second kappa shape index (κ2) is 3.90. The Labute approximate surface area is 88.9 Å². The van der Waals surface area contributed by atoms with Crippen molar-refractivity contribution in [2.45, 2.75) is 13.0 Å².